The molecule has 0 aromatic carbocycles. The summed E-state index contributed by atoms with van der Waals surface area (Å²) < 4.78 is 11.2. The van der Waals surface area contributed by atoms with Crippen molar-refractivity contribution in [1.82, 2.24) is 10.1 Å². The summed E-state index contributed by atoms with van der Waals surface area (Å²) in [6, 6.07) is 0. The third-order valence-corrected chi connectivity index (χ3v) is 4.07. The van der Waals surface area contributed by atoms with Crippen molar-refractivity contribution in [2.24, 2.45) is 5.73 Å². The van der Waals surface area contributed by atoms with Gasteiger partial charge in [0.25, 0.3) is 0 Å². The molecule has 1 fully saturated rings. The summed E-state index contributed by atoms with van der Waals surface area (Å²) in [6.45, 7) is 6.78. The van der Waals surface area contributed by atoms with E-state index in [-0.39, 0.29) is 0 Å². The number of ether oxygens (including phenoxy) is 1. The van der Waals surface area contributed by atoms with Gasteiger partial charge in [-0.05, 0) is 39.0 Å². The van der Waals surface area contributed by atoms with Crippen molar-refractivity contribution in [1.29, 1.82) is 0 Å². The molecule has 0 spiro atoms. The zero-order chi connectivity index (χ0) is 13.2. The quantitative estimate of drug-likeness (QED) is 0.843. The van der Waals surface area contributed by atoms with Crippen LogP contribution in [0.4, 0.5) is 0 Å². The fourth-order valence-electron chi connectivity index (χ4n) is 2.49. The first kappa shape index (κ1) is 13.5. The van der Waals surface area contributed by atoms with Crippen LogP contribution in [0.3, 0.4) is 0 Å². The molecule has 0 saturated heterocycles. The molecule has 0 bridgehead atoms. The number of nitrogens with two attached hydrogens (primary N) is 1. The fourth-order valence-corrected chi connectivity index (χ4v) is 2.49. The molecule has 1 saturated carbocycles. The highest BCUT2D eigenvalue weighted by molar-refractivity contribution is 5.10. The summed E-state index contributed by atoms with van der Waals surface area (Å²) in [7, 11) is 0. The number of nitrogens with zero attached hydrogens (tertiary/aromatic N) is 2. The van der Waals surface area contributed by atoms with Crippen molar-refractivity contribution >= 4 is 0 Å². The van der Waals surface area contributed by atoms with Crippen molar-refractivity contribution < 1.29 is 9.26 Å². The van der Waals surface area contributed by atoms with Gasteiger partial charge in [-0.1, -0.05) is 19.0 Å². The van der Waals surface area contributed by atoms with Gasteiger partial charge in [0.05, 0.1) is 5.54 Å². The van der Waals surface area contributed by atoms with E-state index in [1.165, 1.54) is 0 Å². The molecule has 1 aliphatic rings. The Morgan fingerprint density at radius 1 is 1.33 bits per heavy atom. The lowest BCUT2D eigenvalue weighted by Crippen LogP contribution is -2.43. The summed E-state index contributed by atoms with van der Waals surface area (Å²) in [5.74, 6) is 1.20. The molecule has 0 aliphatic heterocycles. The Balaban J connectivity index is 2.26. The predicted molar refractivity (Wildman–Crippen MR) is 67.9 cm³/mol. The fraction of sp³-hybridized carbons (Fsp3) is 0.846. The van der Waals surface area contributed by atoms with E-state index in [9.17, 15) is 0 Å². The highest BCUT2D eigenvalue weighted by Crippen LogP contribution is 2.39. The molecule has 2 rings (SSSR count). The van der Waals surface area contributed by atoms with Crippen molar-refractivity contribution in [3.05, 3.63) is 11.7 Å². The Labute approximate surface area is 108 Å². The zero-order valence-corrected chi connectivity index (χ0v) is 11.5. The van der Waals surface area contributed by atoms with Gasteiger partial charge >= 0.3 is 0 Å². The minimum absolute atomic E-state index is 0.398. The molecule has 1 aromatic rings. The Kier molecular flexibility index (Phi) is 3.73. The summed E-state index contributed by atoms with van der Waals surface area (Å²) in [6.07, 6.45) is 4.64. The van der Waals surface area contributed by atoms with Crippen LogP contribution >= 0.6 is 0 Å². The van der Waals surface area contributed by atoms with Gasteiger partial charge in [0.15, 0.2) is 0 Å². The predicted octanol–water partition coefficient (Wildman–Crippen LogP) is 2.46. The second-order valence-electron chi connectivity index (χ2n) is 5.07. The molecule has 1 aromatic heterocycles. The highest BCUT2D eigenvalue weighted by atomic mass is 16.5. The molecule has 102 valence electrons. The first-order chi connectivity index (χ1) is 8.60. The van der Waals surface area contributed by atoms with E-state index >= 15 is 0 Å². The normalized spacial score (nSPS) is 18.7. The van der Waals surface area contributed by atoms with Gasteiger partial charge in [-0.25, -0.2) is 0 Å². The van der Waals surface area contributed by atoms with Crippen LogP contribution in [0.25, 0.3) is 0 Å². The number of rotatable bonds is 6. The van der Waals surface area contributed by atoms with E-state index in [0.29, 0.717) is 18.3 Å². The standard InChI is InChI=1S/C13H23N3O2/c1-4-13(5-2,17-6-3)10-15-11(18-16-10)12(14)8-7-9-12/h4-9,14H2,1-3H3. The van der Waals surface area contributed by atoms with E-state index in [1.54, 1.807) is 0 Å². The van der Waals surface area contributed by atoms with Crippen molar-refractivity contribution in [3.8, 4) is 0 Å². The van der Waals surface area contributed by atoms with Gasteiger partial charge < -0.3 is 15.0 Å². The average molecular weight is 253 g/mol. The first-order valence-electron chi connectivity index (χ1n) is 6.87. The molecule has 18 heavy (non-hydrogen) atoms. The maximum absolute atomic E-state index is 6.20. The molecule has 0 amide bonds. The van der Waals surface area contributed by atoms with E-state index in [0.717, 1.165) is 32.1 Å². The molecule has 1 heterocycles. The molecule has 2 N–H and O–H groups in total. The summed E-state index contributed by atoms with van der Waals surface area (Å²) in [5, 5.41) is 4.11. The van der Waals surface area contributed by atoms with Crippen LogP contribution in [0.15, 0.2) is 4.52 Å². The second kappa shape index (κ2) is 4.97. The summed E-state index contributed by atoms with van der Waals surface area (Å²) in [5.41, 5.74) is 5.37. The minimum Gasteiger partial charge on any atom is -0.367 e. The molecular formula is C13H23N3O2. The molecular weight excluding hydrogens is 230 g/mol. The third kappa shape index (κ3) is 2.06. The maximum Gasteiger partial charge on any atom is 0.246 e. The van der Waals surface area contributed by atoms with Gasteiger partial charge in [-0.3, -0.25) is 0 Å². The number of hydrogen-bond donors (Lipinski definition) is 1. The molecule has 5 nitrogen and oxygen atoms in total. The number of aromatic nitrogens is 2. The van der Waals surface area contributed by atoms with Gasteiger partial charge in [-0.15, -0.1) is 0 Å². The minimum atomic E-state index is -0.434. The van der Waals surface area contributed by atoms with E-state index < -0.39 is 11.1 Å². The molecule has 0 radical (unpaired) electrons. The lowest BCUT2D eigenvalue weighted by atomic mass is 9.77. The van der Waals surface area contributed by atoms with Crippen molar-refractivity contribution in [2.75, 3.05) is 6.61 Å². The van der Waals surface area contributed by atoms with Crippen LogP contribution in [0, 0.1) is 0 Å². The second-order valence-corrected chi connectivity index (χ2v) is 5.07. The van der Waals surface area contributed by atoms with Crippen LogP contribution in [0.5, 0.6) is 0 Å². The lowest BCUT2D eigenvalue weighted by molar-refractivity contribution is -0.0583. The molecule has 0 unspecified atom stereocenters. The number of hydrogen-bond acceptors (Lipinski definition) is 5. The molecule has 1 aliphatic carbocycles. The Bertz CT molecular complexity index is 395. The monoisotopic (exact) mass is 253 g/mol. The Morgan fingerprint density at radius 3 is 2.44 bits per heavy atom. The Morgan fingerprint density at radius 2 is 2.00 bits per heavy atom. The van der Waals surface area contributed by atoms with Crippen LogP contribution in [-0.4, -0.2) is 16.7 Å². The lowest BCUT2D eigenvalue weighted by Gasteiger charge is -2.34. The molecule has 5 heteroatoms. The van der Waals surface area contributed by atoms with Crippen LogP contribution in [-0.2, 0) is 15.9 Å². The van der Waals surface area contributed by atoms with E-state index in [4.69, 9.17) is 15.0 Å². The Hall–Kier alpha value is -0.940. The van der Waals surface area contributed by atoms with Crippen LogP contribution < -0.4 is 5.73 Å². The molecule has 0 atom stereocenters. The third-order valence-electron chi connectivity index (χ3n) is 4.07. The average Bonchev–Trinajstić information content (AvgIpc) is 2.83. The van der Waals surface area contributed by atoms with E-state index in [2.05, 4.69) is 24.0 Å². The maximum atomic E-state index is 6.20. The van der Waals surface area contributed by atoms with Gasteiger partial charge in [-0.2, -0.15) is 4.98 Å². The van der Waals surface area contributed by atoms with Gasteiger partial charge in [0.1, 0.15) is 5.60 Å². The van der Waals surface area contributed by atoms with E-state index in [1.807, 2.05) is 6.92 Å². The largest absolute Gasteiger partial charge is 0.367 e. The summed E-state index contributed by atoms with van der Waals surface area (Å²) >= 11 is 0. The topological polar surface area (TPSA) is 74.2 Å². The first-order valence-corrected chi connectivity index (χ1v) is 6.87. The van der Waals surface area contributed by atoms with Gasteiger partial charge in [0.2, 0.25) is 11.7 Å². The van der Waals surface area contributed by atoms with Crippen LogP contribution in [0.1, 0.15) is 64.6 Å². The SMILES string of the molecule is CCOC(CC)(CC)c1noc(C2(N)CCC2)n1. The summed E-state index contributed by atoms with van der Waals surface area (Å²) in [4.78, 5) is 4.51. The van der Waals surface area contributed by atoms with Crippen LogP contribution in [0.2, 0.25) is 0 Å². The van der Waals surface area contributed by atoms with Crippen molar-refractivity contribution in [3.63, 3.8) is 0 Å². The highest BCUT2D eigenvalue weighted by Gasteiger charge is 2.42. The van der Waals surface area contributed by atoms with Gasteiger partial charge in [0, 0.05) is 6.61 Å². The van der Waals surface area contributed by atoms with Crippen molar-refractivity contribution in [2.45, 2.75) is 64.0 Å². The smallest absolute Gasteiger partial charge is 0.246 e. The zero-order valence-electron chi connectivity index (χ0n) is 11.5.